The summed E-state index contributed by atoms with van der Waals surface area (Å²) in [5.74, 6) is -1.59. The van der Waals surface area contributed by atoms with Crippen LogP contribution in [-0.4, -0.2) is 18.4 Å². The highest BCUT2D eigenvalue weighted by Gasteiger charge is 2.35. The Bertz CT molecular complexity index is 789. The van der Waals surface area contributed by atoms with Crippen LogP contribution in [0.3, 0.4) is 0 Å². The van der Waals surface area contributed by atoms with Gasteiger partial charge in [-0.3, -0.25) is 9.59 Å². The lowest BCUT2D eigenvalue weighted by Gasteiger charge is -2.24. The van der Waals surface area contributed by atoms with E-state index < -0.39 is 29.4 Å². The molecule has 0 saturated carbocycles. The molecule has 0 fully saturated rings. The largest absolute Gasteiger partial charge is 0.418 e. The molecule has 0 heterocycles. The number of anilines is 2. The van der Waals surface area contributed by atoms with E-state index in [0.717, 1.165) is 30.0 Å². The predicted molar refractivity (Wildman–Crippen MR) is 89.1 cm³/mol. The minimum absolute atomic E-state index is 0.219. The minimum atomic E-state index is -4.62. The zero-order valence-corrected chi connectivity index (χ0v) is 13.8. The molecule has 2 rings (SSSR count). The average Bonchev–Trinajstić information content (AvgIpc) is 2.56. The average molecular weight is 368 g/mol. The van der Waals surface area contributed by atoms with Crippen molar-refractivity contribution in [3.05, 3.63) is 59.9 Å². The standard InChI is InChI=1S/C18H16F4N2O2/c1-12(25)24(16-5-3-2-4-15(16)18(20,21)22)11-10-17(26)23-14-8-6-13(19)7-9-14/h2-9H,10-11H2,1H3,(H,23,26). The number of alkyl halides is 3. The maximum absolute atomic E-state index is 13.1. The van der Waals surface area contributed by atoms with Crippen molar-refractivity contribution in [2.75, 3.05) is 16.8 Å². The molecule has 0 unspecified atom stereocenters. The zero-order chi connectivity index (χ0) is 19.3. The van der Waals surface area contributed by atoms with E-state index in [9.17, 15) is 27.2 Å². The molecular formula is C18H16F4N2O2. The number of nitrogens with zero attached hydrogens (tertiary/aromatic N) is 1. The van der Waals surface area contributed by atoms with Crippen molar-refractivity contribution >= 4 is 23.2 Å². The van der Waals surface area contributed by atoms with Gasteiger partial charge in [-0.1, -0.05) is 12.1 Å². The zero-order valence-electron chi connectivity index (χ0n) is 13.8. The molecule has 138 valence electrons. The summed E-state index contributed by atoms with van der Waals surface area (Å²) in [6.07, 6.45) is -4.84. The first-order valence-corrected chi connectivity index (χ1v) is 7.68. The molecule has 4 nitrogen and oxygen atoms in total. The maximum atomic E-state index is 13.1. The van der Waals surface area contributed by atoms with Gasteiger partial charge in [-0.25, -0.2) is 4.39 Å². The first-order chi connectivity index (χ1) is 12.2. The first-order valence-electron chi connectivity index (χ1n) is 7.68. The van der Waals surface area contributed by atoms with Gasteiger partial charge in [-0.15, -0.1) is 0 Å². The van der Waals surface area contributed by atoms with Crippen molar-refractivity contribution in [2.45, 2.75) is 19.5 Å². The number of carbonyl (C=O) groups excluding carboxylic acids is 2. The van der Waals surface area contributed by atoms with Crippen molar-refractivity contribution in [2.24, 2.45) is 0 Å². The molecule has 2 aromatic rings. The Hall–Kier alpha value is -2.90. The lowest BCUT2D eigenvalue weighted by molar-refractivity contribution is -0.137. The highest BCUT2D eigenvalue weighted by molar-refractivity contribution is 5.95. The fourth-order valence-electron chi connectivity index (χ4n) is 2.37. The second-order valence-corrected chi connectivity index (χ2v) is 5.49. The van der Waals surface area contributed by atoms with Crippen molar-refractivity contribution in [3.63, 3.8) is 0 Å². The summed E-state index contributed by atoms with van der Waals surface area (Å²) in [5.41, 5.74) is -0.905. The maximum Gasteiger partial charge on any atom is 0.418 e. The molecule has 1 N–H and O–H groups in total. The normalized spacial score (nSPS) is 11.1. The second-order valence-electron chi connectivity index (χ2n) is 5.49. The third-order valence-electron chi connectivity index (χ3n) is 3.57. The van der Waals surface area contributed by atoms with Gasteiger partial charge in [0, 0.05) is 25.6 Å². The molecule has 0 aromatic heterocycles. The predicted octanol–water partition coefficient (Wildman–Crippen LogP) is 4.23. The van der Waals surface area contributed by atoms with Gasteiger partial charge in [-0.2, -0.15) is 13.2 Å². The number of hydrogen-bond donors (Lipinski definition) is 1. The molecule has 0 radical (unpaired) electrons. The van der Waals surface area contributed by atoms with Crippen LogP contribution < -0.4 is 10.2 Å². The molecule has 0 spiro atoms. The summed E-state index contributed by atoms with van der Waals surface area (Å²) in [7, 11) is 0. The second kappa shape index (κ2) is 7.99. The molecule has 2 amide bonds. The van der Waals surface area contributed by atoms with E-state index >= 15 is 0 Å². The van der Waals surface area contributed by atoms with Crippen molar-refractivity contribution in [1.29, 1.82) is 0 Å². The van der Waals surface area contributed by atoms with Crippen LogP contribution in [-0.2, 0) is 15.8 Å². The summed E-state index contributed by atoms with van der Waals surface area (Å²) in [6, 6.07) is 9.72. The number of hydrogen-bond acceptors (Lipinski definition) is 2. The van der Waals surface area contributed by atoms with E-state index in [2.05, 4.69) is 5.32 Å². The Morgan fingerprint density at radius 3 is 2.23 bits per heavy atom. The van der Waals surface area contributed by atoms with Crippen LogP contribution in [0.5, 0.6) is 0 Å². The number of carbonyl (C=O) groups is 2. The van der Waals surface area contributed by atoms with Crippen LogP contribution in [0.15, 0.2) is 48.5 Å². The molecule has 0 saturated heterocycles. The first kappa shape index (κ1) is 19.4. The highest BCUT2D eigenvalue weighted by atomic mass is 19.4. The van der Waals surface area contributed by atoms with Gasteiger partial charge in [0.2, 0.25) is 11.8 Å². The number of nitrogens with one attached hydrogen (secondary N) is 1. The molecule has 8 heteroatoms. The quantitative estimate of drug-likeness (QED) is 0.803. The molecule has 0 aliphatic rings. The van der Waals surface area contributed by atoms with E-state index in [-0.39, 0.29) is 18.7 Å². The molecule has 0 bridgehead atoms. The van der Waals surface area contributed by atoms with Gasteiger partial charge in [0.15, 0.2) is 0 Å². The van der Waals surface area contributed by atoms with Crippen LogP contribution in [0, 0.1) is 5.82 Å². The topological polar surface area (TPSA) is 49.4 Å². The van der Waals surface area contributed by atoms with Gasteiger partial charge in [-0.05, 0) is 36.4 Å². The van der Waals surface area contributed by atoms with E-state index in [1.54, 1.807) is 0 Å². The van der Waals surface area contributed by atoms with Crippen LogP contribution >= 0.6 is 0 Å². The van der Waals surface area contributed by atoms with Crippen molar-refractivity contribution < 1.29 is 27.2 Å². The van der Waals surface area contributed by atoms with Crippen LogP contribution in [0.2, 0.25) is 0 Å². The summed E-state index contributed by atoms with van der Waals surface area (Å²) < 4.78 is 52.3. The highest BCUT2D eigenvalue weighted by Crippen LogP contribution is 2.36. The van der Waals surface area contributed by atoms with Crippen LogP contribution in [0.4, 0.5) is 28.9 Å². The van der Waals surface area contributed by atoms with E-state index in [1.165, 1.54) is 30.3 Å². The molecule has 0 aliphatic carbocycles. The SMILES string of the molecule is CC(=O)N(CCC(=O)Nc1ccc(F)cc1)c1ccccc1C(F)(F)F. The molecule has 0 atom stereocenters. The fraction of sp³-hybridized carbons (Fsp3) is 0.222. The van der Waals surface area contributed by atoms with Gasteiger partial charge in [0.25, 0.3) is 0 Å². The number of halogens is 4. The van der Waals surface area contributed by atoms with E-state index in [4.69, 9.17) is 0 Å². The molecular weight excluding hydrogens is 352 g/mol. The summed E-state index contributed by atoms with van der Waals surface area (Å²) >= 11 is 0. The van der Waals surface area contributed by atoms with Crippen molar-refractivity contribution in [1.82, 2.24) is 0 Å². The monoisotopic (exact) mass is 368 g/mol. The van der Waals surface area contributed by atoms with Gasteiger partial charge in [0.05, 0.1) is 11.3 Å². The smallest absolute Gasteiger partial charge is 0.326 e. The van der Waals surface area contributed by atoms with Crippen LogP contribution in [0.1, 0.15) is 18.9 Å². The Balaban J connectivity index is 2.11. The number of para-hydroxylation sites is 1. The lowest BCUT2D eigenvalue weighted by Crippen LogP contribution is -2.33. The Morgan fingerprint density at radius 1 is 1.04 bits per heavy atom. The summed E-state index contributed by atoms with van der Waals surface area (Å²) in [6.45, 7) is 0.903. The summed E-state index contributed by atoms with van der Waals surface area (Å²) in [4.78, 5) is 24.7. The fourth-order valence-corrected chi connectivity index (χ4v) is 2.37. The Morgan fingerprint density at radius 2 is 1.65 bits per heavy atom. The minimum Gasteiger partial charge on any atom is -0.326 e. The van der Waals surface area contributed by atoms with E-state index in [0.29, 0.717) is 5.69 Å². The summed E-state index contributed by atoms with van der Waals surface area (Å²) in [5, 5.41) is 2.49. The van der Waals surface area contributed by atoms with Gasteiger partial charge in [0.1, 0.15) is 5.82 Å². The van der Waals surface area contributed by atoms with Crippen LogP contribution in [0.25, 0.3) is 0 Å². The Labute approximate surface area is 147 Å². The number of amides is 2. The molecule has 26 heavy (non-hydrogen) atoms. The Kier molecular flexibility index (Phi) is 5.97. The number of rotatable bonds is 5. The third-order valence-corrected chi connectivity index (χ3v) is 3.57. The van der Waals surface area contributed by atoms with Gasteiger partial charge >= 0.3 is 6.18 Å². The molecule has 2 aromatic carbocycles. The van der Waals surface area contributed by atoms with Gasteiger partial charge < -0.3 is 10.2 Å². The lowest BCUT2D eigenvalue weighted by atomic mass is 10.1. The third kappa shape index (κ3) is 5.05. The molecule has 0 aliphatic heterocycles. The number of benzene rings is 2. The van der Waals surface area contributed by atoms with Crippen molar-refractivity contribution in [3.8, 4) is 0 Å². The van der Waals surface area contributed by atoms with E-state index in [1.807, 2.05) is 0 Å².